The minimum atomic E-state index is -3.30. The Labute approximate surface area is 95.1 Å². The molecule has 0 radical (unpaired) electrons. The summed E-state index contributed by atoms with van der Waals surface area (Å²) in [5, 5.41) is 0. The van der Waals surface area contributed by atoms with Crippen LogP contribution in [0.4, 0.5) is 0 Å². The monoisotopic (exact) mass is 288 g/mol. The molecular formula is C6H14Cl4P2. The fraction of sp³-hybridized carbons (Fsp3) is 1.00. The van der Waals surface area contributed by atoms with E-state index < -0.39 is 4.01 Å². The molecule has 0 saturated heterocycles. The molecule has 0 aliphatic heterocycles. The van der Waals surface area contributed by atoms with E-state index in [1.165, 1.54) is 12.3 Å². The topological polar surface area (TPSA) is 0 Å². The van der Waals surface area contributed by atoms with Crippen LogP contribution in [0.5, 0.6) is 0 Å². The van der Waals surface area contributed by atoms with Gasteiger partial charge in [0.1, 0.15) is 0 Å². The zero-order chi connectivity index (χ0) is 9.85. The molecule has 0 fully saturated rings. The van der Waals surface area contributed by atoms with E-state index in [9.17, 15) is 0 Å². The molecule has 6 heteroatoms. The first-order valence-electron chi connectivity index (χ1n) is 3.86. The summed E-state index contributed by atoms with van der Waals surface area (Å²) in [4.78, 5) is 0. The molecule has 0 aromatic carbocycles. The molecule has 0 aromatic rings. The van der Waals surface area contributed by atoms with Crippen molar-refractivity contribution >= 4 is 56.9 Å². The second-order valence-corrected chi connectivity index (χ2v) is 19.9. The first kappa shape index (κ1) is 14.0. The molecule has 0 heterocycles. The van der Waals surface area contributed by atoms with Gasteiger partial charge < -0.3 is 0 Å². The average Bonchev–Trinajstić information content (AvgIpc) is 1.86. The molecule has 0 spiro atoms. The van der Waals surface area contributed by atoms with Crippen LogP contribution < -0.4 is 0 Å². The van der Waals surface area contributed by atoms with Crippen molar-refractivity contribution < 1.29 is 0 Å². The Hall–Kier alpha value is 2.02. The van der Waals surface area contributed by atoms with Crippen molar-refractivity contribution in [1.82, 2.24) is 0 Å². The molecule has 0 nitrogen and oxygen atoms in total. The van der Waals surface area contributed by atoms with E-state index >= 15 is 0 Å². The Morgan fingerprint density at radius 1 is 1.00 bits per heavy atom. The van der Waals surface area contributed by atoms with Gasteiger partial charge in [0.2, 0.25) is 0 Å². The van der Waals surface area contributed by atoms with E-state index in [0.717, 1.165) is 6.16 Å². The van der Waals surface area contributed by atoms with Gasteiger partial charge >= 0.3 is 95.4 Å². The van der Waals surface area contributed by atoms with Crippen molar-refractivity contribution in [3.8, 4) is 0 Å². The van der Waals surface area contributed by atoms with Crippen LogP contribution >= 0.6 is 56.9 Å². The molecule has 0 amide bonds. The molecule has 0 aliphatic rings. The maximum absolute atomic E-state index is 5.78. The summed E-state index contributed by atoms with van der Waals surface area (Å²) in [5.74, 6) is 0. The molecule has 0 unspecified atom stereocenters. The Balaban J connectivity index is 3.82. The fourth-order valence-corrected chi connectivity index (χ4v) is 6.97. The summed E-state index contributed by atoms with van der Waals surface area (Å²) < 4.78 is -3.30. The number of hydrogen-bond donors (Lipinski definition) is 0. The first-order valence-corrected chi connectivity index (χ1v) is 11.8. The van der Waals surface area contributed by atoms with Crippen LogP contribution in [-0.4, -0.2) is 24.6 Å². The summed E-state index contributed by atoms with van der Waals surface area (Å²) in [6.07, 6.45) is 3.94. The third kappa shape index (κ3) is 8.61. The van der Waals surface area contributed by atoms with E-state index in [2.05, 4.69) is 13.8 Å². The molecule has 0 rings (SSSR count). The minimum absolute atomic E-state index is 0.0425. The summed E-state index contributed by atoms with van der Waals surface area (Å²) in [6, 6.07) is 0. The van der Waals surface area contributed by atoms with Crippen LogP contribution in [-0.2, 0) is 0 Å². The molecule has 12 heavy (non-hydrogen) atoms. The quantitative estimate of drug-likeness (QED) is 0.572. The first-order chi connectivity index (χ1) is 5.24. The number of hydrogen-bond acceptors (Lipinski definition) is 0. The number of halogens is 4. The van der Waals surface area contributed by atoms with Crippen LogP contribution in [0.3, 0.4) is 0 Å². The van der Waals surface area contributed by atoms with Gasteiger partial charge in [-0.2, -0.15) is 0 Å². The molecule has 0 atom stereocenters. The van der Waals surface area contributed by atoms with E-state index in [1.807, 2.05) is 0 Å². The average molecular weight is 290 g/mol. The van der Waals surface area contributed by atoms with Gasteiger partial charge in [-0.15, -0.1) is 0 Å². The van der Waals surface area contributed by atoms with E-state index in [1.54, 1.807) is 0 Å². The Kier molecular flexibility index (Phi) is 6.08. The van der Waals surface area contributed by atoms with Gasteiger partial charge in [0.25, 0.3) is 0 Å². The molecule has 0 aliphatic carbocycles. The standard InChI is InChI=1S/C6H14Cl4P2/c1-3-11(4-2)5-6-12(7,8,9)10/h3-6H2,1-2H3. The van der Waals surface area contributed by atoms with Crippen molar-refractivity contribution in [1.29, 1.82) is 0 Å². The SMILES string of the molecule is CCP(CC)CCP(Cl)(Cl)(Cl)Cl. The molecule has 76 valence electrons. The zero-order valence-corrected chi connectivity index (χ0v) is 12.0. The van der Waals surface area contributed by atoms with Gasteiger partial charge in [0.15, 0.2) is 0 Å². The Bertz CT molecular complexity index is 129. The van der Waals surface area contributed by atoms with E-state index in [-0.39, 0.29) is 7.92 Å². The third-order valence-electron chi connectivity index (χ3n) is 1.65. The summed E-state index contributed by atoms with van der Waals surface area (Å²) in [7, 11) is 0.0425. The van der Waals surface area contributed by atoms with Crippen LogP contribution in [0.2, 0.25) is 0 Å². The molecular weight excluding hydrogens is 276 g/mol. The fourth-order valence-electron chi connectivity index (χ4n) is 0.832. The Morgan fingerprint density at radius 3 is 1.67 bits per heavy atom. The zero-order valence-electron chi connectivity index (χ0n) is 7.23. The predicted octanol–water partition coefficient (Wildman–Crippen LogP) is 5.68. The van der Waals surface area contributed by atoms with Gasteiger partial charge in [0, 0.05) is 0 Å². The van der Waals surface area contributed by atoms with Crippen LogP contribution in [0, 0.1) is 0 Å². The summed E-state index contributed by atoms with van der Waals surface area (Å²) in [5.41, 5.74) is 0. The molecule has 0 N–H and O–H groups in total. The van der Waals surface area contributed by atoms with Crippen LogP contribution in [0.1, 0.15) is 13.8 Å². The Morgan fingerprint density at radius 2 is 1.42 bits per heavy atom. The van der Waals surface area contributed by atoms with Crippen LogP contribution in [0.25, 0.3) is 0 Å². The molecule has 0 saturated carbocycles. The van der Waals surface area contributed by atoms with Crippen molar-refractivity contribution in [3.05, 3.63) is 0 Å². The van der Waals surface area contributed by atoms with Crippen molar-refractivity contribution in [3.63, 3.8) is 0 Å². The van der Waals surface area contributed by atoms with Crippen molar-refractivity contribution in [2.75, 3.05) is 24.6 Å². The van der Waals surface area contributed by atoms with Crippen molar-refractivity contribution in [2.24, 2.45) is 0 Å². The van der Waals surface area contributed by atoms with Gasteiger partial charge in [-0.05, 0) is 0 Å². The van der Waals surface area contributed by atoms with Gasteiger partial charge in [-0.3, -0.25) is 0 Å². The van der Waals surface area contributed by atoms with E-state index in [0.29, 0.717) is 6.16 Å². The van der Waals surface area contributed by atoms with E-state index in [4.69, 9.17) is 45.0 Å². The predicted molar refractivity (Wildman–Crippen MR) is 68.1 cm³/mol. The third-order valence-corrected chi connectivity index (χ3v) is 7.57. The normalized spacial score (nSPS) is 16.1. The van der Waals surface area contributed by atoms with Crippen molar-refractivity contribution in [2.45, 2.75) is 13.8 Å². The number of rotatable bonds is 5. The summed E-state index contributed by atoms with van der Waals surface area (Å²) >= 11 is 23.1. The van der Waals surface area contributed by atoms with Crippen LogP contribution in [0.15, 0.2) is 0 Å². The van der Waals surface area contributed by atoms with Gasteiger partial charge in [-0.1, -0.05) is 0 Å². The van der Waals surface area contributed by atoms with Gasteiger partial charge in [-0.25, -0.2) is 0 Å². The summed E-state index contributed by atoms with van der Waals surface area (Å²) in [6.45, 7) is 4.35. The molecule has 0 aromatic heterocycles. The van der Waals surface area contributed by atoms with Gasteiger partial charge in [0.05, 0.1) is 0 Å². The second kappa shape index (κ2) is 5.20. The maximum atomic E-state index is 5.78. The second-order valence-electron chi connectivity index (χ2n) is 2.61. The molecule has 0 bridgehead atoms.